The standard InChI is InChI=1S/C17H18Cl2N2O4S/c1-11-8-15(16(25-3)9-14(11)19)20-17(22)10-21(2)26(23,24)13-6-4-12(18)5-7-13/h4-9H,10H2,1-3H3,(H,20,22). The van der Waals surface area contributed by atoms with Gasteiger partial charge in [0, 0.05) is 23.2 Å². The predicted molar refractivity (Wildman–Crippen MR) is 103 cm³/mol. The van der Waals surface area contributed by atoms with Crippen molar-refractivity contribution in [3.63, 3.8) is 0 Å². The van der Waals surface area contributed by atoms with E-state index in [4.69, 9.17) is 27.9 Å². The molecule has 2 aromatic carbocycles. The van der Waals surface area contributed by atoms with Crippen LogP contribution in [-0.2, 0) is 14.8 Å². The third-order valence-corrected chi connectivity index (χ3v) is 6.12. The lowest BCUT2D eigenvalue weighted by Gasteiger charge is -2.18. The van der Waals surface area contributed by atoms with Gasteiger partial charge in [0.2, 0.25) is 15.9 Å². The second-order valence-electron chi connectivity index (χ2n) is 5.56. The van der Waals surface area contributed by atoms with E-state index in [1.165, 1.54) is 38.4 Å². The Morgan fingerprint density at radius 1 is 1.19 bits per heavy atom. The third-order valence-electron chi connectivity index (χ3n) is 3.64. The summed E-state index contributed by atoms with van der Waals surface area (Å²) in [5, 5.41) is 3.57. The number of nitrogens with zero attached hydrogens (tertiary/aromatic N) is 1. The van der Waals surface area contributed by atoms with E-state index < -0.39 is 15.9 Å². The van der Waals surface area contributed by atoms with Crippen LogP contribution in [0.5, 0.6) is 5.75 Å². The summed E-state index contributed by atoms with van der Waals surface area (Å²) in [4.78, 5) is 12.3. The van der Waals surface area contributed by atoms with E-state index >= 15 is 0 Å². The number of hydrogen-bond acceptors (Lipinski definition) is 4. The van der Waals surface area contributed by atoms with Crippen molar-refractivity contribution in [2.24, 2.45) is 0 Å². The minimum atomic E-state index is -3.81. The molecule has 2 aromatic rings. The average Bonchev–Trinajstić information content (AvgIpc) is 2.58. The summed E-state index contributed by atoms with van der Waals surface area (Å²) in [6.45, 7) is 1.42. The highest BCUT2D eigenvalue weighted by Gasteiger charge is 2.23. The summed E-state index contributed by atoms with van der Waals surface area (Å²) in [5.41, 5.74) is 1.17. The number of sulfonamides is 1. The molecular weight excluding hydrogens is 399 g/mol. The van der Waals surface area contributed by atoms with Crippen LogP contribution in [0.1, 0.15) is 5.56 Å². The Kier molecular flexibility index (Phi) is 6.52. The quantitative estimate of drug-likeness (QED) is 0.780. The smallest absolute Gasteiger partial charge is 0.243 e. The molecule has 0 aliphatic rings. The molecule has 0 radical (unpaired) electrons. The molecule has 0 fully saturated rings. The fourth-order valence-corrected chi connectivity index (χ4v) is 3.60. The van der Waals surface area contributed by atoms with Gasteiger partial charge in [-0.1, -0.05) is 23.2 Å². The maximum Gasteiger partial charge on any atom is 0.243 e. The minimum absolute atomic E-state index is 0.0529. The van der Waals surface area contributed by atoms with Gasteiger partial charge in [-0.25, -0.2) is 8.42 Å². The fourth-order valence-electron chi connectivity index (χ4n) is 2.19. The van der Waals surface area contributed by atoms with Crippen molar-refractivity contribution in [1.82, 2.24) is 4.31 Å². The first-order valence-electron chi connectivity index (χ1n) is 7.51. The number of methoxy groups -OCH3 is 1. The Hall–Kier alpha value is -1.80. The first kappa shape index (κ1) is 20.5. The number of ether oxygens (including phenoxy) is 1. The number of carbonyl (C=O) groups is 1. The molecule has 140 valence electrons. The molecular formula is C17H18Cl2N2O4S. The van der Waals surface area contributed by atoms with Crippen LogP contribution in [-0.4, -0.2) is 39.3 Å². The number of halogens is 2. The largest absolute Gasteiger partial charge is 0.495 e. The topological polar surface area (TPSA) is 75.7 Å². The zero-order valence-electron chi connectivity index (χ0n) is 14.4. The van der Waals surface area contributed by atoms with E-state index in [2.05, 4.69) is 5.32 Å². The van der Waals surface area contributed by atoms with Gasteiger partial charge in [0.1, 0.15) is 5.75 Å². The number of benzene rings is 2. The van der Waals surface area contributed by atoms with Crippen molar-refractivity contribution in [2.45, 2.75) is 11.8 Å². The second kappa shape index (κ2) is 8.26. The number of nitrogens with one attached hydrogen (secondary N) is 1. The predicted octanol–water partition coefficient (Wildman–Crippen LogP) is 3.57. The molecule has 6 nitrogen and oxygen atoms in total. The molecule has 26 heavy (non-hydrogen) atoms. The van der Waals surface area contributed by atoms with Crippen molar-refractivity contribution < 1.29 is 17.9 Å². The number of amides is 1. The van der Waals surface area contributed by atoms with Crippen LogP contribution in [0.2, 0.25) is 10.0 Å². The Morgan fingerprint density at radius 3 is 2.38 bits per heavy atom. The molecule has 0 saturated carbocycles. The maximum absolute atomic E-state index is 12.5. The lowest BCUT2D eigenvalue weighted by atomic mass is 10.2. The second-order valence-corrected chi connectivity index (χ2v) is 8.45. The monoisotopic (exact) mass is 416 g/mol. The van der Waals surface area contributed by atoms with Crippen LogP contribution in [0.4, 0.5) is 5.69 Å². The Labute approximate surface area is 162 Å². The Balaban J connectivity index is 2.14. The van der Waals surface area contributed by atoms with Gasteiger partial charge in [-0.05, 0) is 42.8 Å². The van der Waals surface area contributed by atoms with Crippen molar-refractivity contribution in [2.75, 3.05) is 26.0 Å². The summed E-state index contributed by atoms with van der Waals surface area (Å²) in [5.74, 6) is -0.123. The van der Waals surface area contributed by atoms with Crippen LogP contribution >= 0.6 is 23.2 Å². The Morgan fingerprint density at radius 2 is 1.81 bits per heavy atom. The van der Waals surface area contributed by atoms with Crippen LogP contribution in [0.25, 0.3) is 0 Å². The SMILES string of the molecule is COc1cc(Cl)c(C)cc1NC(=O)CN(C)S(=O)(=O)c1ccc(Cl)cc1. The number of hydrogen-bond donors (Lipinski definition) is 1. The number of rotatable bonds is 6. The summed E-state index contributed by atoms with van der Waals surface area (Å²) < 4.78 is 31.2. The van der Waals surface area contributed by atoms with E-state index in [9.17, 15) is 13.2 Å². The molecule has 9 heteroatoms. The number of likely N-dealkylation sites (N-methyl/N-ethyl adjacent to an activating group) is 1. The maximum atomic E-state index is 12.5. The molecule has 0 atom stereocenters. The summed E-state index contributed by atoms with van der Waals surface area (Å²) in [6.07, 6.45) is 0. The van der Waals surface area contributed by atoms with Gasteiger partial charge in [-0.15, -0.1) is 0 Å². The van der Waals surface area contributed by atoms with E-state index in [0.717, 1.165) is 9.87 Å². The third kappa shape index (κ3) is 4.67. The zero-order valence-corrected chi connectivity index (χ0v) is 16.7. The zero-order chi connectivity index (χ0) is 19.5. The summed E-state index contributed by atoms with van der Waals surface area (Å²) in [6, 6.07) is 8.97. The fraction of sp³-hybridized carbons (Fsp3) is 0.235. The summed E-state index contributed by atoms with van der Waals surface area (Å²) in [7, 11) is -1.03. The van der Waals surface area contributed by atoms with Crippen LogP contribution < -0.4 is 10.1 Å². The van der Waals surface area contributed by atoms with E-state index in [0.29, 0.717) is 21.5 Å². The number of anilines is 1. The van der Waals surface area contributed by atoms with E-state index in [1.807, 2.05) is 0 Å². The molecule has 0 aromatic heterocycles. The minimum Gasteiger partial charge on any atom is -0.495 e. The average molecular weight is 417 g/mol. The van der Waals surface area contributed by atoms with Crippen molar-refractivity contribution >= 4 is 44.8 Å². The van der Waals surface area contributed by atoms with Gasteiger partial charge in [-0.2, -0.15) is 4.31 Å². The van der Waals surface area contributed by atoms with Crippen LogP contribution in [0.15, 0.2) is 41.3 Å². The molecule has 1 N–H and O–H groups in total. The van der Waals surface area contributed by atoms with Gasteiger partial charge in [0.05, 0.1) is 24.2 Å². The van der Waals surface area contributed by atoms with Crippen molar-refractivity contribution in [3.05, 3.63) is 52.0 Å². The summed E-state index contributed by atoms with van der Waals surface area (Å²) >= 11 is 11.8. The molecule has 0 unspecified atom stereocenters. The van der Waals surface area contributed by atoms with Gasteiger partial charge < -0.3 is 10.1 Å². The molecule has 0 aliphatic carbocycles. The molecule has 0 bridgehead atoms. The van der Waals surface area contributed by atoms with Crippen molar-refractivity contribution in [1.29, 1.82) is 0 Å². The van der Waals surface area contributed by atoms with Gasteiger partial charge in [-0.3, -0.25) is 4.79 Å². The molecule has 0 heterocycles. The highest BCUT2D eigenvalue weighted by Crippen LogP contribution is 2.31. The molecule has 0 spiro atoms. The van der Waals surface area contributed by atoms with Gasteiger partial charge >= 0.3 is 0 Å². The van der Waals surface area contributed by atoms with Crippen LogP contribution in [0.3, 0.4) is 0 Å². The highest BCUT2D eigenvalue weighted by atomic mass is 35.5. The van der Waals surface area contributed by atoms with E-state index in [-0.39, 0.29) is 11.4 Å². The first-order chi connectivity index (χ1) is 12.1. The van der Waals surface area contributed by atoms with Crippen LogP contribution in [0, 0.1) is 6.92 Å². The molecule has 0 saturated heterocycles. The van der Waals surface area contributed by atoms with Gasteiger partial charge in [0.15, 0.2) is 0 Å². The Bertz CT molecular complexity index is 915. The van der Waals surface area contributed by atoms with Gasteiger partial charge in [0.25, 0.3) is 0 Å². The molecule has 1 amide bonds. The first-order valence-corrected chi connectivity index (χ1v) is 9.70. The normalized spacial score (nSPS) is 11.5. The molecule has 2 rings (SSSR count). The lowest BCUT2D eigenvalue weighted by Crippen LogP contribution is -2.35. The van der Waals surface area contributed by atoms with E-state index in [1.54, 1.807) is 19.1 Å². The number of carbonyl (C=O) groups excluding carboxylic acids is 1. The van der Waals surface area contributed by atoms with Crippen molar-refractivity contribution in [3.8, 4) is 5.75 Å². The lowest BCUT2D eigenvalue weighted by molar-refractivity contribution is -0.116. The highest BCUT2D eigenvalue weighted by molar-refractivity contribution is 7.89. The molecule has 0 aliphatic heterocycles. The number of aryl methyl sites for hydroxylation is 1.